The summed E-state index contributed by atoms with van der Waals surface area (Å²) < 4.78 is 6.97. The highest BCUT2D eigenvalue weighted by atomic mass is 32.2. The van der Waals surface area contributed by atoms with Crippen molar-refractivity contribution >= 4 is 22.7 Å². The van der Waals surface area contributed by atoms with E-state index in [0.29, 0.717) is 39.3 Å². The summed E-state index contributed by atoms with van der Waals surface area (Å²) in [5.41, 5.74) is 3.53. The summed E-state index contributed by atoms with van der Waals surface area (Å²) in [6.45, 7) is 3.98. The van der Waals surface area contributed by atoms with Crippen molar-refractivity contribution in [3.05, 3.63) is 94.2 Å². The van der Waals surface area contributed by atoms with Crippen LogP contribution in [0.2, 0.25) is 0 Å². The van der Waals surface area contributed by atoms with Crippen LogP contribution < -0.4 is 5.56 Å². The van der Waals surface area contributed by atoms with E-state index in [1.807, 2.05) is 68.4 Å². The molecule has 0 saturated heterocycles. The molecule has 0 radical (unpaired) electrons. The maximum absolute atomic E-state index is 13.3. The molecule has 158 valence electrons. The molecule has 32 heavy (non-hydrogen) atoms. The maximum Gasteiger partial charge on any atom is 0.267 e. The number of fused-ring (bicyclic) bond motifs is 1. The van der Waals surface area contributed by atoms with Crippen LogP contribution in [0.25, 0.3) is 28.1 Å². The molecule has 0 atom stereocenters. The largest absolute Gasteiger partial charge is 0.338 e. The summed E-state index contributed by atoms with van der Waals surface area (Å²) in [4.78, 5) is 26.9. The molecule has 3 heterocycles. The number of thioether (sulfide) groups is 1. The van der Waals surface area contributed by atoms with E-state index in [2.05, 4.69) is 15.1 Å². The van der Waals surface area contributed by atoms with Crippen LogP contribution in [0.3, 0.4) is 0 Å². The van der Waals surface area contributed by atoms with E-state index in [-0.39, 0.29) is 5.56 Å². The summed E-state index contributed by atoms with van der Waals surface area (Å²) in [7, 11) is 0. The van der Waals surface area contributed by atoms with E-state index in [1.54, 1.807) is 12.3 Å². The molecule has 0 unspecified atom stereocenters. The predicted octanol–water partition coefficient (Wildman–Crippen LogP) is 4.74. The number of aryl methyl sites for hydroxylation is 2. The lowest BCUT2D eigenvalue weighted by Crippen LogP contribution is -2.22. The van der Waals surface area contributed by atoms with Gasteiger partial charge < -0.3 is 4.52 Å². The topological polar surface area (TPSA) is 86.7 Å². The Hall–Kier alpha value is -3.78. The first-order chi connectivity index (χ1) is 15.6. The molecule has 0 fully saturated rings. The lowest BCUT2D eigenvalue weighted by molar-refractivity contribution is 0.391. The molecular formula is C24H19N5O2S. The number of para-hydroxylation sites is 1. The lowest BCUT2D eigenvalue weighted by Gasteiger charge is -2.12. The Morgan fingerprint density at radius 3 is 2.50 bits per heavy atom. The summed E-state index contributed by atoms with van der Waals surface area (Å²) in [6, 6.07) is 19.0. The number of aromatic nitrogens is 5. The third kappa shape index (κ3) is 3.92. The second-order valence-electron chi connectivity index (χ2n) is 7.41. The van der Waals surface area contributed by atoms with Gasteiger partial charge in [-0.2, -0.15) is 4.98 Å². The third-order valence-electron chi connectivity index (χ3n) is 4.97. The number of rotatable bonds is 5. The average molecular weight is 442 g/mol. The van der Waals surface area contributed by atoms with E-state index in [9.17, 15) is 4.79 Å². The van der Waals surface area contributed by atoms with Crippen LogP contribution in [0.15, 0.2) is 81.3 Å². The van der Waals surface area contributed by atoms with Gasteiger partial charge in [0.05, 0.1) is 16.7 Å². The summed E-state index contributed by atoms with van der Waals surface area (Å²) in [5.74, 6) is 1.88. The highest BCUT2D eigenvalue weighted by Gasteiger charge is 2.16. The van der Waals surface area contributed by atoms with Crippen LogP contribution in [0.4, 0.5) is 0 Å². The van der Waals surface area contributed by atoms with Crippen LogP contribution >= 0.6 is 11.8 Å². The molecule has 7 nitrogen and oxygen atoms in total. The monoisotopic (exact) mass is 441 g/mol. The summed E-state index contributed by atoms with van der Waals surface area (Å²) in [5, 5.41) is 5.14. The Morgan fingerprint density at radius 1 is 0.938 bits per heavy atom. The van der Waals surface area contributed by atoms with Gasteiger partial charge in [0, 0.05) is 11.8 Å². The molecule has 5 aromatic rings. The number of nitrogens with zero attached hydrogens (tertiary/aromatic N) is 5. The smallest absolute Gasteiger partial charge is 0.267 e. The quantitative estimate of drug-likeness (QED) is 0.288. The zero-order chi connectivity index (χ0) is 22.1. The molecule has 0 N–H and O–H groups in total. The molecule has 0 saturated carbocycles. The molecule has 0 aliphatic carbocycles. The van der Waals surface area contributed by atoms with Gasteiger partial charge in [-0.15, -0.1) is 0 Å². The average Bonchev–Trinajstić information content (AvgIpc) is 3.28. The van der Waals surface area contributed by atoms with E-state index in [1.165, 1.54) is 16.3 Å². The van der Waals surface area contributed by atoms with Crippen molar-refractivity contribution in [1.29, 1.82) is 0 Å². The number of benzene rings is 2. The Labute approximate surface area is 188 Å². The van der Waals surface area contributed by atoms with Crippen molar-refractivity contribution in [3.8, 4) is 17.2 Å². The van der Waals surface area contributed by atoms with Gasteiger partial charge in [-0.3, -0.25) is 4.79 Å². The van der Waals surface area contributed by atoms with Gasteiger partial charge >= 0.3 is 0 Å². The molecule has 0 amide bonds. The molecule has 5 rings (SSSR count). The second-order valence-corrected chi connectivity index (χ2v) is 8.35. The van der Waals surface area contributed by atoms with E-state index < -0.39 is 0 Å². The van der Waals surface area contributed by atoms with Gasteiger partial charge in [-0.1, -0.05) is 64.9 Å². The SMILES string of the molecule is Cc1ccc(-c2noc(CSc3nc4ccccc4c(=O)n3-c3ccc(C)cn3)n2)cc1. The third-order valence-corrected chi connectivity index (χ3v) is 5.90. The molecule has 0 aliphatic heterocycles. The van der Waals surface area contributed by atoms with Gasteiger partial charge in [-0.25, -0.2) is 14.5 Å². The fraction of sp³-hybridized carbons (Fsp3) is 0.125. The van der Waals surface area contributed by atoms with Crippen molar-refractivity contribution < 1.29 is 4.52 Å². The second kappa shape index (κ2) is 8.39. The van der Waals surface area contributed by atoms with Crippen molar-refractivity contribution in [2.45, 2.75) is 24.8 Å². The molecule has 8 heteroatoms. The Morgan fingerprint density at radius 2 is 1.72 bits per heavy atom. The maximum atomic E-state index is 13.3. The highest BCUT2D eigenvalue weighted by Crippen LogP contribution is 2.25. The first-order valence-electron chi connectivity index (χ1n) is 10.1. The standard InChI is InChI=1S/C24H19N5O2S/c1-15-7-10-17(11-8-15)22-27-21(31-28-22)14-32-24-26-19-6-4-3-5-18(19)23(30)29(24)20-12-9-16(2)13-25-20/h3-13H,14H2,1-2H3. The van der Waals surface area contributed by atoms with Crippen molar-refractivity contribution in [1.82, 2.24) is 24.7 Å². The van der Waals surface area contributed by atoms with Gasteiger partial charge in [0.15, 0.2) is 5.16 Å². The van der Waals surface area contributed by atoms with Gasteiger partial charge in [0.25, 0.3) is 5.56 Å². The molecule has 0 aliphatic rings. The van der Waals surface area contributed by atoms with Crippen LogP contribution in [-0.2, 0) is 5.75 Å². The van der Waals surface area contributed by atoms with Crippen LogP contribution in [0.5, 0.6) is 0 Å². The molecule has 3 aromatic heterocycles. The normalized spacial score (nSPS) is 11.2. The van der Waals surface area contributed by atoms with Crippen LogP contribution in [-0.4, -0.2) is 24.7 Å². The zero-order valence-electron chi connectivity index (χ0n) is 17.5. The van der Waals surface area contributed by atoms with E-state index in [4.69, 9.17) is 9.51 Å². The van der Waals surface area contributed by atoms with Gasteiger partial charge in [-0.05, 0) is 37.6 Å². The fourth-order valence-electron chi connectivity index (χ4n) is 3.26. The molecule has 2 aromatic carbocycles. The Bertz CT molecular complexity index is 1460. The fourth-order valence-corrected chi connectivity index (χ4v) is 4.10. The number of hydrogen-bond donors (Lipinski definition) is 0. The minimum Gasteiger partial charge on any atom is -0.338 e. The summed E-state index contributed by atoms with van der Waals surface area (Å²) in [6.07, 6.45) is 1.73. The van der Waals surface area contributed by atoms with Crippen LogP contribution in [0.1, 0.15) is 17.0 Å². The Kier molecular flexibility index (Phi) is 5.28. The lowest BCUT2D eigenvalue weighted by atomic mass is 10.1. The minimum atomic E-state index is -0.166. The van der Waals surface area contributed by atoms with Gasteiger partial charge in [0.1, 0.15) is 5.82 Å². The number of hydrogen-bond acceptors (Lipinski definition) is 7. The first kappa shape index (κ1) is 20.1. The van der Waals surface area contributed by atoms with Crippen LogP contribution in [0, 0.1) is 13.8 Å². The molecular weight excluding hydrogens is 422 g/mol. The first-order valence-corrected chi connectivity index (χ1v) is 11.0. The molecule has 0 bridgehead atoms. The molecule has 0 spiro atoms. The van der Waals surface area contributed by atoms with Crippen molar-refractivity contribution in [3.63, 3.8) is 0 Å². The van der Waals surface area contributed by atoms with E-state index in [0.717, 1.165) is 16.7 Å². The Balaban J connectivity index is 1.50. The van der Waals surface area contributed by atoms with E-state index >= 15 is 0 Å². The minimum absolute atomic E-state index is 0.166. The predicted molar refractivity (Wildman–Crippen MR) is 124 cm³/mol. The van der Waals surface area contributed by atoms with Crippen molar-refractivity contribution in [2.75, 3.05) is 0 Å². The highest BCUT2D eigenvalue weighted by molar-refractivity contribution is 7.98. The summed E-state index contributed by atoms with van der Waals surface area (Å²) >= 11 is 1.35. The van der Waals surface area contributed by atoms with Gasteiger partial charge in [0.2, 0.25) is 11.7 Å². The zero-order valence-corrected chi connectivity index (χ0v) is 18.3. The number of pyridine rings is 1. The van der Waals surface area contributed by atoms with Crippen molar-refractivity contribution in [2.24, 2.45) is 0 Å².